The zero-order chi connectivity index (χ0) is 61.9. The van der Waals surface area contributed by atoms with Crippen molar-refractivity contribution >= 4 is 13.7 Å². The SMILES string of the molecule is CC/C=C\C/C=C\C/C=C\C/C=C\C/C=C\C/C=C\CCCCCCCCCCCCCCCCC(=O)NC(COP(=O)([O-])OCC[N+](C)(C)C)C(O)/C=C/CC/C=C/CCCCCCCCCCCCCCCCCCCCCCCCCC. The van der Waals surface area contributed by atoms with Crippen LogP contribution in [0.25, 0.3) is 0 Å². The Morgan fingerprint density at radius 2 is 0.729 bits per heavy atom. The molecule has 0 aromatic heterocycles. The predicted octanol–water partition coefficient (Wildman–Crippen LogP) is 22.6. The number of quaternary nitrogens is 1. The van der Waals surface area contributed by atoms with Crippen molar-refractivity contribution in [3.8, 4) is 0 Å². The van der Waals surface area contributed by atoms with Crippen molar-refractivity contribution in [2.75, 3.05) is 40.9 Å². The zero-order valence-electron chi connectivity index (χ0n) is 56.5. The van der Waals surface area contributed by atoms with Gasteiger partial charge in [0.1, 0.15) is 13.2 Å². The first-order valence-corrected chi connectivity index (χ1v) is 37.6. The third kappa shape index (κ3) is 68.8. The molecule has 0 aliphatic rings. The van der Waals surface area contributed by atoms with E-state index >= 15 is 0 Å². The van der Waals surface area contributed by atoms with Crippen molar-refractivity contribution in [3.63, 3.8) is 0 Å². The number of hydrogen-bond donors (Lipinski definition) is 2. The normalized spacial score (nSPS) is 14.2. The molecule has 3 atom stereocenters. The van der Waals surface area contributed by atoms with Crippen LogP contribution in [-0.4, -0.2) is 68.5 Å². The number of likely N-dealkylation sites (N-methyl/N-ethyl adjacent to an activating group) is 1. The fourth-order valence-electron chi connectivity index (χ4n) is 10.5. The van der Waals surface area contributed by atoms with Crippen LogP contribution in [0.4, 0.5) is 0 Å². The van der Waals surface area contributed by atoms with Crippen LogP contribution >= 0.6 is 7.82 Å². The lowest BCUT2D eigenvalue weighted by atomic mass is 10.0. The van der Waals surface area contributed by atoms with E-state index in [-0.39, 0.29) is 12.5 Å². The first kappa shape index (κ1) is 82.4. The van der Waals surface area contributed by atoms with E-state index in [4.69, 9.17) is 9.05 Å². The van der Waals surface area contributed by atoms with E-state index in [9.17, 15) is 19.4 Å². The highest BCUT2D eigenvalue weighted by molar-refractivity contribution is 7.45. The van der Waals surface area contributed by atoms with Gasteiger partial charge in [-0.3, -0.25) is 9.36 Å². The molecule has 85 heavy (non-hydrogen) atoms. The van der Waals surface area contributed by atoms with Crippen LogP contribution in [0.3, 0.4) is 0 Å². The zero-order valence-corrected chi connectivity index (χ0v) is 57.4. The first-order valence-electron chi connectivity index (χ1n) is 36.1. The number of carbonyl (C=O) groups is 1. The summed E-state index contributed by atoms with van der Waals surface area (Å²) < 4.78 is 23.5. The van der Waals surface area contributed by atoms with Crippen LogP contribution in [0.2, 0.25) is 0 Å². The molecule has 3 unspecified atom stereocenters. The summed E-state index contributed by atoms with van der Waals surface area (Å²) in [6, 6.07) is -0.911. The van der Waals surface area contributed by atoms with Crippen LogP contribution in [-0.2, 0) is 18.4 Å². The Kier molecular flexibility index (Phi) is 63.9. The van der Waals surface area contributed by atoms with Gasteiger partial charge in [0.25, 0.3) is 7.82 Å². The molecule has 0 saturated heterocycles. The van der Waals surface area contributed by atoms with E-state index in [1.807, 2.05) is 27.2 Å². The molecule has 0 aliphatic carbocycles. The molecular formula is C76H139N2O6P. The fourth-order valence-corrected chi connectivity index (χ4v) is 11.2. The van der Waals surface area contributed by atoms with Gasteiger partial charge < -0.3 is 28.8 Å². The van der Waals surface area contributed by atoms with Crippen molar-refractivity contribution < 1.29 is 32.9 Å². The third-order valence-electron chi connectivity index (χ3n) is 16.0. The molecule has 0 aromatic rings. The van der Waals surface area contributed by atoms with Crippen LogP contribution in [0.5, 0.6) is 0 Å². The number of aliphatic hydroxyl groups excluding tert-OH is 1. The minimum atomic E-state index is -4.62. The average Bonchev–Trinajstić information content (AvgIpc) is 3.49. The van der Waals surface area contributed by atoms with Gasteiger partial charge in [0.05, 0.1) is 39.9 Å². The number of hydrogen-bond acceptors (Lipinski definition) is 6. The molecule has 9 heteroatoms. The highest BCUT2D eigenvalue weighted by atomic mass is 31.2. The quantitative estimate of drug-likeness (QED) is 0.0272. The average molecular weight is 1210 g/mol. The van der Waals surface area contributed by atoms with Crippen molar-refractivity contribution in [2.45, 2.75) is 341 Å². The second kappa shape index (κ2) is 65.9. The minimum absolute atomic E-state index is 0.00924. The van der Waals surface area contributed by atoms with E-state index in [1.165, 1.54) is 231 Å². The van der Waals surface area contributed by atoms with E-state index < -0.39 is 26.6 Å². The molecule has 0 saturated carbocycles. The predicted molar refractivity (Wildman–Crippen MR) is 371 cm³/mol. The maximum absolute atomic E-state index is 13.0. The summed E-state index contributed by atoms with van der Waals surface area (Å²) in [5.74, 6) is -0.207. The highest BCUT2D eigenvalue weighted by Crippen LogP contribution is 2.38. The topological polar surface area (TPSA) is 108 Å². The molecular weight excluding hydrogens is 1070 g/mol. The second-order valence-electron chi connectivity index (χ2n) is 25.6. The van der Waals surface area contributed by atoms with E-state index in [1.54, 1.807) is 6.08 Å². The number of phosphoric ester groups is 1. The fraction of sp³-hybridized carbons (Fsp3) is 0.776. The number of aliphatic hydroxyl groups is 1. The molecule has 494 valence electrons. The number of carbonyl (C=O) groups excluding carboxylic acids is 1. The number of unbranched alkanes of at least 4 members (excludes halogenated alkanes) is 39. The largest absolute Gasteiger partial charge is 0.756 e. The molecule has 2 N–H and O–H groups in total. The van der Waals surface area contributed by atoms with Gasteiger partial charge in [0.15, 0.2) is 0 Å². The summed E-state index contributed by atoms with van der Waals surface area (Å²) in [5, 5.41) is 14.0. The molecule has 0 bridgehead atoms. The number of amides is 1. The standard InChI is InChI=1S/C76H139N2O6P/c1-6-8-10-12-14-16-18-20-22-24-26-28-30-32-34-36-38-39-40-42-44-46-48-50-52-54-56-58-60-62-64-66-68-70-76(80)77-74(73-84-85(81,82)83-72-71-78(3,4)5)75(79)69-67-65-63-61-59-57-55-53-51-49-47-45-43-41-37-35-33-31-29-27-25-23-21-19-17-15-13-11-9-7-2/h8,10,14,16,20,22,26,28,32,34,38-39,59,61,67,69,74-75,79H,6-7,9,11-13,15,17-19,21,23-25,27,29-31,33,35-37,40-58,60,62-66,68,70-73H2,1-5H3,(H-,77,80,81,82)/b10-8-,16-14-,22-20-,28-26-,34-32-,39-38-,61-59+,69-67+. The molecule has 0 fully saturated rings. The van der Waals surface area contributed by atoms with Gasteiger partial charge in [0.2, 0.25) is 5.91 Å². The molecule has 1 amide bonds. The summed E-state index contributed by atoms with van der Waals surface area (Å²) in [6.45, 7) is 4.55. The van der Waals surface area contributed by atoms with Gasteiger partial charge in [-0.15, -0.1) is 0 Å². The van der Waals surface area contributed by atoms with Crippen molar-refractivity contribution in [1.82, 2.24) is 5.32 Å². The molecule has 0 aromatic carbocycles. The second-order valence-corrected chi connectivity index (χ2v) is 27.0. The molecule has 0 rings (SSSR count). The number of nitrogens with zero attached hydrogens (tertiary/aromatic N) is 1. The summed E-state index contributed by atoms with van der Waals surface area (Å²) in [5.41, 5.74) is 0. The van der Waals surface area contributed by atoms with Crippen molar-refractivity contribution in [1.29, 1.82) is 0 Å². The van der Waals surface area contributed by atoms with Crippen LogP contribution in [0.15, 0.2) is 97.2 Å². The lowest BCUT2D eigenvalue weighted by Gasteiger charge is -2.29. The number of phosphoric acid groups is 1. The van der Waals surface area contributed by atoms with Gasteiger partial charge in [-0.25, -0.2) is 0 Å². The van der Waals surface area contributed by atoms with Gasteiger partial charge in [-0.05, 0) is 83.5 Å². The number of rotatable bonds is 66. The minimum Gasteiger partial charge on any atom is -0.756 e. The van der Waals surface area contributed by atoms with Gasteiger partial charge in [-0.1, -0.05) is 336 Å². The molecule has 8 nitrogen and oxygen atoms in total. The van der Waals surface area contributed by atoms with Crippen LogP contribution in [0.1, 0.15) is 328 Å². The van der Waals surface area contributed by atoms with Crippen molar-refractivity contribution in [3.05, 3.63) is 97.2 Å². The Morgan fingerprint density at radius 1 is 0.424 bits per heavy atom. The smallest absolute Gasteiger partial charge is 0.268 e. The lowest BCUT2D eigenvalue weighted by molar-refractivity contribution is -0.870. The van der Waals surface area contributed by atoms with Gasteiger partial charge in [-0.2, -0.15) is 0 Å². The molecule has 0 radical (unpaired) electrons. The summed E-state index contributed by atoms with van der Waals surface area (Å²) in [7, 11) is 1.24. The van der Waals surface area contributed by atoms with Gasteiger partial charge in [0, 0.05) is 6.42 Å². The summed E-state index contributed by atoms with van der Waals surface area (Å²) in [4.78, 5) is 25.6. The molecule has 0 aliphatic heterocycles. The number of nitrogens with one attached hydrogen (secondary N) is 1. The Bertz CT molecular complexity index is 1710. The van der Waals surface area contributed by atoms with Crippen LogP contribution in [0, 0.1) is 0 Å². The van der Waals surface area contributed by atoms with Crippen LogP contribution < -0.4 is 10.2 Å². The lowest BCUT2D eigenvalue weighted by Crippen LogP contribution is -2.45. The van der Waals surface area contributed by atoms with Crippen molar-refractivity contribution in [2.24, 2.45) is 0 Å². The monoisotopic (exact) mass is 1210 g/mol. The summed E-state index contributed by atoms with van der Waals surface area (Å²) >= 11 is 0. The van der Waals surface area contributed by atoms with E-state index in [0.717, 1.165) is 77.0 Å². The Labute approximate surface area is 528 Å². The maximum atomic E-state index is 13.0. The summed E-state index contributed by atoms with van der Waals surface area (Å²) in [6.07, 6.45) is 95.4. The molecule has 0 spiro atoms. The van der Waals surface area contributed by atoms with Gasteiger partial charge >= 0.3 is 0 Å². The number of allylic oxidation sites excluding steroid dienone is 15. The molecule has 0 heterocycles. The Hall–Kier alpha value is -2.58. The highest BCUT2D eigenvalue weighted by Gasteiger charge is 2.23. The maximum Gasteiger partial charge on any atom is 0.268 e. The first-order chi connectivity index (χ1) is 41.5. The third-order valence-corrected chi connectivity index (χ3v) is 17.0. The van der Waals surface area contributed by atoms with E-state index in [2.05, 4.69) is 104 Å². The van der Waals surface area contributed by atoms with E-state index in [0.29, 0.717) is 17.4 Å². The Balaban J connectivity index is 4.10. The Morgan fingerprint density at radius 3 is 1.09 bits per heavy atom.